The minimum atomic E-state index is 0.202. The van der Waals surface area contributed by atoms with Gasteiger partial charge in [-0.1, -0.05) is 41.9 Å². The Morgan fingerprint density at radius 3 is 2.64 bits per heavy atom. The van der Waals surface area contributed by atoms with E-state index >= 15 is 0 Å². The molecule has 2 aromatic rings. The molecule has 0 radical (unpaired) electrons. The fourth-order valence-electron chi connectivity index (χ4n) is 3.23. The third-order valence-electron chi connectivity index (χ3n) is 4.78. The van der Waals surface area contributed by atoms with Gasteiger partial charge in [-0.3, -0.25) is 4.99 Å². The Kier molecular flexibility index (Phi) is 5.68. The first-order chi connectivity index (χ1) is 12.2. The van der Waals surface area contributed by atoms with Crippen LogP contribution in [0.4, 0.5) is 0 Å². The Balaban J connectivity index is 1.59. The van der Waals surface area contributed by atoms with E-state index in [9.17, 15) is 0 Å². The molecule has 0 aliphatic heterocycles. The summed E-state index contributed by atoms with van der Waals surface area (Å²) >= 11 is 0. The lowest BCUT2D eigenvalue weighted by atomic mass is 9.64. The molecule has 6 nitrogen and oxygen atoms in total. The van der Waals surface area contributed by atoms with Crippen molar-refractivity contribution in [3.8, 4) is 0 Å². The summed E-state index contributed by atoms with van der Waals surface area (Å²) in [6, 6.07) is 10.8. The van der Waals surface area contributed by atoms with Crippen molar-refractivity contribution < 1.29 is 4.52 Å². The zero-order valence-electron chi connectivity index (χ0n) is 15.1. The summed E-state index contributed by atoms with van der Waals surface area (Å²) in [6.45, 7) is 6.27. The summed E-state index contributed by atoms with van der Waals surface area (Å²) in [5, 5.41) is 10.5. The van der Waals surface area contributed by atoms with Crippen LogP contribution in [0.1, 0.15) is 43.5 Å². The van der Waals surface area contributed by atoms with E-state index in [2.05, 4.69) is 58.0 Å². The SMILES string of the molecule is CCNC(=NCC1(c2ccccc2)CCC1)NCCc1nc(C)no1. The highest BCUT2D eigenvalue weighted by Crippen LogP contribution is 2.43. The van der Waals surface area contributed by atoms with Gasteiger partial charge in [0, 0.05) is 24.9 Å². The van der Waals surface area contributed by atoms with Crippen LogP contribution in [0.5, 0.6) is 0 Å². The lowest BCUT2D eigenvalue weighted by molar-refractivity contribution is 0.253. The van der Waals surface area contributed by atoms with Gasteiger partial charge in [0.2, 0.25) is 5.89 Å². The van der Waals surface area contributed by atoms with Crippen LogP contribution >= 0.6 is 0 Å². The number of nitrogens with zero attached hydrogens (tertiary/aromatic N) is 3. The van der Waals surface area contributed by atoms with Crippen LogP contribution in [-0.4, -0.2) is 35.7 Å². The van der Waals surface area contributed by atoms with Gasteiger partial charge in [-0.2, -0.15) is 4.98 Å². The zero-order valence-corrected chi connectivity index (χ0v) is 15.1. The molecule has 0 saturated heterocycles. The van der Waals surface area contributed by atoms with Gasteiger partial charge in [0.25, 0.3) is 0 Å². The molecule has 134 valence electrons. The predicted molar refractivity (Wildman–Crippen MR) is 98.7 cm³/mol. The largest absolute Gasteiger partial charge is 0.357 e. The average Bonchev–Trinajstić information content (AvgIpc) is 3.00. The van der Waals surface area contributed by atoms with Crippen molar-refractivity contribution in [2.24, 2.45) is 4.99 Å². The highest BCUT2D eigenvalue weighted by Gasteiger charge is 2.38. The molecule has 0 amide bonds. The molecule has 0 unspecified atom stereocenters. The number of rotatable bonds is 7. The summed E-state index contributed by atoms with van der Waals surface area (Å²) in [5.41, 5.74) is 1.61. The Labute approximate surface area is 149 Å². The third-order valence-corrected chi connectivity index (χ3v) is 4.78. The Morgan fingerprint density at radius 1 is 1.24 bits per heavy atom. The summed E-state index contributed by atoms with van der Waals surface area (Å²) in [5.74, 6) is 2.17. The smallest absolute Gasteiger partial charge is 0.228 e. The maximum atomic E-state index is 5.14. The van der Waals surface area contributed by atoms with Crippen LogP contribution in [0.25, 0.3) is 0 Å². The second kappa shape index (κ2) is 8.14. The van der Waals surface area contributed by atoms with Gasteiger partial charge in [-0.25, -0.2) is 0 Å². The molecule has 1 aromatic carbocycles. The van der Waals surface area contributed by atoms with Crippen LogP contribution in [0, 0.1) is 6.92 Å². The van der Waals surface area contributed by atoms with Gasteiger partial charge in [0.05, 0.1) is 6.54 Å². The van der Waals surface area contributed by atoms with Crippen molar-refractivity contribution in [2.45, 2.75) is 44.9 Å². The van der Waals surface area contributed by atoms with Crippen molar-refractivity contribution in [3.63, 3.8) is 0 Å². The van der Waals surface area contributed by atoms with Gasteiger partial charge >= 0.3 is 0 Å². The summed E-state index contributed by atoms with van der Waals surface area (Å²) in [7, 11) is 0. The topological polar surface area (TPSA) is 75.3 Å². The monoisotopic (exact) mass is 341 g/mol. The maximum absolute atomic E-state index is 5.14. The van der Waals surface area contributed by atoms with Crippen molar-refractivity contribution in [2.75, 3.05) is 19.6 Å². The molecule has 1 aliphatic carbocycles. The normalized spacial score (nSPS) is 16.3. The summed E-state index contributed by atoms with van der Waals surface area (Å²) in [4.78, 5) is 9.07. The lowest BCUT2D eigenvalue weighted by Crippen LogP contribution is -2.42. The fraction of sp³-hybridized carbons (Fsp3) is 0.526. The Morgan fingerprint density at radius 2 is 2.04 bits per heavy atom. The molecule has 1 aliphatic rings. The molecule has 1 saturated carbocycles. The Bertz CT molecular complexity index is 691. The van der Waals surface area contributed by atoms with E-state index in [-0.39, 0.29) is 5.41 Å². The van der Waals surface area contributed by atoms with Crippen molar-refractivity contribution in [3.05, 3.63) is 47.6 Å². The Hall–Kier alpha value is -2.37. The molecule has 0 spiro atoms. The minimum Gasteiger partial charge on any atom is -0.357 e. The van der Waals surface area contributed by atoms with E-state index in [4.69, 9.17) is 9.52 Å². The van der Waals surface area contributed by atoms with Crippen molar-refractivity contribution >= 4 is 5.96 Å². The van der Waals surface area contributed by atoms with Crippen LogP contribution < -0.4 is 10.6 Å². The van der Waals surface area contributed by atoms with Gasteiger partial charge < -0.3 is 15.2 Å². The van der Waals surface area contributed by atoms with Crippen molar-refractivity contribution in [1.29, 1.82) is 0 Å². The number of nitrogens with one attached hydrogen (secondary N) is 2. The maximum Gasteiger partial charge on any atom is 0.228 e. The van der Waals surface area contributed by atoms with E-state index in [1.165, 1.54) is 24.8 Å². The molecule has 3 rings (SSSR count). The van der Waals surface area contributed by atoms with E-state index in [0.717, 1.165) is 19.0 Å². The fourth-order valence-corrected chi connectivity index (χ4v) is 3.23. The molecule has 2 N–H and O–H groups in total. The van der Waals surface area contributed by atoms with Crippen LogP contribution in [0.3, 0.4) is 0 Å². The highest BCUT2D eigenvalue weighted by molar-refractivity contribution is 5.79. The molecule has 0 bridgehead atoms. The first-order valence-electron chi connectivity index (χ1n) is 9.09. The third kappa shape index (κ3) is 4.38. The zero-order chi connectivity index (χ0) is 17.5. The molecule has 1 fully saturated rings. The first-order valence-corrected chi connectivity index (χ1v) is 9.09. The minimum absolute atomic E-state index is 0.202. The number of benzene rings is 1. The number of guanidine groups is 1. The van der Waals surface area contributed by atoms with E-state index in [1.54, 1.807) is 0 Å². The summed E-state index contributed by atoms with van der Waals surface area (Å²) < 4.78 is 5.14. The number of hydrogen-bond acceptors (Lipinski definition) is 4. The molecule has 0 atom stereocenters. The molecule has 1 heterocycles. The van der Waals surface area contributed by atoms with E-state index in [0.29, 0.717) is 24.7 Å². The van der Waals surface area contributed by atoms with E-state index in [1.807, 2.05) is 6.92 Å². The standard InChI is InChI=1S/C19H27N5O/c1-3-20-18(21-13-10-17-23-15(2)24-25-17)22-14-19(11-7-12-19)16-8-5-4-6-9-16/h4-6,8-9H,3,7,10-14H2,1-2H3,(H2,20,21,22). The van der Waals surface area contributed by atoms with Gasteiger partial charge in [0.1, 0.15) is 0 Å². The van der Waals surface area contributed by atoms with Crippen LogP contribution in [0.15, 0.2) is 39.8 Å². The van der Waals surface area contributed by atoms with Crippen LogP contribution in [-0.2, 0) is 11.8 Å². The second-order valence-corrected chi connectivity index (χ2v) is 6.61. The molecule has 1 aromatic heterocycles. The molecular weight excluding hydrogens is 314 g/mol. The second-order valence-electron chi connectivity index (χ2n) is 6.61. The van der Waals surface area contributed by atoms with Gasteiger partial charge in [0.15, 0.2) is 11.8 Å². The van der Waals surface area contributed by atoms with Crippen molar-refractivity contribution in [1.82, 2.24) is 20.8 Å². The average molecular weight is 341 g/mol. The van der Waals surface area contributed by atoms with Gasteiger partial charge in [-0.05, 0) is 32.3 Å². The number of aryl methyl sites for hydroxylation is 1. The first kappa shape index (κ1) is 17.5. The highest BCUT2D eigenvalue weighted by atomic mass is 16.5. The molecule has 6 heteroatoms. The quantitative estimate of drug-likeness (QED) is 0.598. The van der Waals surface area contributed by atoms with Gasteiger partial charge in [-0.15, -0.1) is 0 Å². The summed E-state index contributed by atoms with van der Waals surface area (Å²) in [6.07, 6.45) is 4.39. The molecular formula is C19H27N5O. The predicted octanol–water partition coefficient (Wildman–Crippen LogP) is 2.60. The number of aromatic nitrogens is 2. The molecule has 25 heavy (non-hydrogen) atoms. The lowest BCUT2D eigenvalue weighted by Gasteiger charge is -2.41. The van der Waals surface area contributed by atoms with Crippen LogP contribution in [0.2, 0.25) is 0 Å². The van der Waals surface area contributed by atoms with E-state index < -0.39 is 0 Å². The number of aliphatic imine (C=N–C) groups is 1. The number of hydrogen-bond donors (Lipinski definition) is 2.